The van der Waals surface area contributed by atoms with Gasteiger partial charge in [0.15, 0.2) is 0 Å². The summed E-state index contributed by atoms with van der Waals surface area (Å²) in [5.74, 6) is 0.905. The number of benzene rings is 2. The zero-order valence-corrected chi connectivity index (χ0v) is 30.0. The summed E-state index contributed by atoms with van der Waals surface area (Å²) < 4.78 is 17.7. The van der Waals surface area contributed by atoms with Crippen molar-refractivity contribution in [2.75, 3.05) is 46.4 Å². The Morgan fingerprint density at radius 3 is 2.16 bits per heavy atom. The fraction of sp³-hybridized carbons (Fsp3) is 0.417. The first-order valence-electron chi connectivity index (χ1n) is 16.3. The van der Waals surface area contributed by atoms with Crippen LogP contribution in [0.4, 0.5) is 0 Å². The lowest BCUT2D eigenvalue weighted by Gasteiger charge is -2.53. The molecule has 0 N–H and O–H groups in total. The number of halogens is 2. The highest BCUT2D eigenvalue weighted by atomic mass is 35.5. The third-order valence-corrected chi connectivity index (χ3v) is 8.75. The van der Waals surface area contributed by atoms with Gasteiger partial charge in [0.05, 0.1) is 31.6 Å². The standard InChI is InChI=1S/C36H43N7O4.2ClH/c1-5-46-36-39-33(45-4)29(34(40-36)47-25(2)3)23-41-21-28-22-42(35(44)30-20-37-16-17-38-30)18-19-43(28)31(24-41)32(26-12-8-6-9-13-26)27-14-10-7-11-15-27;;/h6-17,20,25,28,31-32H,5,18-19,21-24H2,1-4H3;2*1H/t28-,31+;;/m1../s1. The van der Waals surface area contributed by atoms with Crippen molar-refractivity contribution < 1.29 is 19.0 Å². The number of carbonyl (C=O) groups excluding carboxylic acids is 1. The molecular weight excluding hydrogens is 665 g/mol. The van der Waals surface area contributed by atoms with E-state index >= 15 is 0 Å². The Morgan fingerprint density at radius 1 is 0.898 bits per heavy atom. The largest absolute Gasteiger partial charge is 0.481 e. The summed E-state index contributed by atoms with van der Waals surface area (Å²) in [7, 11) is 1.61. The van der Waals surface area contributed by atoms with Gasteiger partial charge >= 0.3 is 6.01 Å². The molecule has 4 heterocycles. The van der Waals surface area contributed by atoms with Gasteiger partial charge in [-0.05, 0) is 31.9 Å². The van der Waals surface area contributed by atoms with Crippen LogP contribution >= 0.6 is 24.8 Å². The number of hydrogen-bond donors (Lipinski definition) is 0. The molecular formula is C36H45Cl2N7O4. The van der Waals surface area contributed by atoms with Crippen molar-refractivity contribution in [1.82, 2.24) is 34.6 Å². The molecule has 2 fully saturated rings. The SMILES string of the molecule is CCOc1nc(OC)c(CN2C[C@@H]3CN(C(=O)c4cnccn4)CCN3[C@H](C(c3ccccc3)c3ccccc3)C2)c(OC(C)C)n1.Cl.Cl. The summed E-state index contributed by atoms with van der Waals surface area (Å²) in [6.07, 6.45) is 4.59. The Hall–Kier alpha value is -4.03. The van der Waals surface area contributed by atoms with Crippen molar-refractivity contribution in [3.8, 4) is 17.8 Å². The number of fused-ring (bicyclic) bond motifs is 1. The smallest absolute Gasteiger partial charge is 0.323 e. The molecule has 4 aromatic rings. The number of carbonyl (C=O) groups is 1. The van der Waals surface area contributed by atoms with Crippen molar-refractivity contribution in [3.63, 3.8) is 0 Å². The van der Waals surface area contributed by atoms with Crippen LogP contribution in [0.1, 0.15) is 53.9 Å². The number of rotatable bonds is 11. The van der Waals surface area contributed by atoms with Gasteiger partial charge in [0.1, 0.15) is 5.69 Å². The number of hydrogen-bond acceptors (Lipinski definition) is 10. The van der Waals surface area contributed by atoms with Crippen LogP contribution in [0.5, 0.6) is 17.8 Å². The van der Waals surface area contributed by atoms with Gasteiger partial charge in [-0.2, -0.15) is 9.97 Å². The number of ether oxygens (including phenoxy) is 3. The van der Waals surface area contributed by atoms with Gasteiger partial charge in [0.2, 0.25) is 11.8 Å². The van der Waals surface area contributed by atoms with E-state index in [1.54, 1.807) is 25.7 Å². The molecule has 0 aliphatic carbocycles. The summed E-state index contributed by atoms with van der Waals surface area (Å²) >= 11 is 0. The fourth-order valence-corrected chi connectivity index (χ4v) is 6.82. The fourth-order valence-electron chi connectivity index (χ4n) is 6.82. The Kier molecular flexibility index (Phi) is 13.6. The molecule has 262 valence electrons. The Morgan fingerprint density at radius 2 is 1.57 bits per heavy atom. The highest BCUT2D eigenvalue weighted by molar-refractivity contribution is 5.92. The first kappa shape index (κ1) is 37.8. The average Bonchev–Trinajstić information content (AvgIpc) is 3.10. The van der Waals surface area contributed by atoms with Gasteiger partial charge in [0.25, 0.3) is 5.91 Å². The summed E-state index contributed by atoms with van der Waals surface area (Å²) in [4.78, 5) is 38.1. The molecule has 2 atom stereocenters. The number of amides is 1. The van der Waals surface area contributed by atoms with Gasteiger partial charge in [0, 0.05) is 69.7 Å². The van der Waals surface area contributed by atoms with Crippen LogP contribution in [0.25, 0.3) is 0 Å². The Balaban J connectivity index is 0.00000270. The van der Waals surface area contributed by atoms with Crippen LogP contribution in [0.2, 0.25) is 0 Å². The third kappa shape index (κ3) is 8.77. The summed E-state index contributed by atoms with van der Waals surface area (Å²) in [5, 5.41) is 0. The van der Waals surface area contributed by atoms with Crippen LogP contribution in [0.3, 0.4) is 0 Å². The van der Waals surface area contributed by atoms with E-state index in [0.29, 0.717) is 43.7 Å². The maximum absolute atomic E-state index is 13.6. The number of methoxy groups -OCH3 is 1. The van der Waals surface area contributed by atoms with Crippen molar-refractivity contribution in [3.05, 3.63) is 102 Å². The third-order valence-electron chi connectivity index (χ3n) is 8.75. The van der Waals surface area contributed by atoms with Gasteiger partial charge in [-0.1, -0.05) is 60.7 Å². The molecule has 0 saturated carbocycles. The van der Waals surface area contributed by atoms with Crippen molar-refractivity contribution in [1.29, 1.82) is 0 Å². The molecule has 0 radical (unpaired) electrons. The van der Waals surface area contributed by atoms with Crippen molar-refractivity contribution in [2.45, 2.75) is 51.4 Å². The van der Waals surface area contributed by atoms with Crippen LogP contribution in [-0.2, 0) is 6.54 Å². The van der Waals surface area contributed by atoms with E-state index in [0.717, 1.165) is 25.2 Å². The Bertz CT molecular complexity index is 1580. The summed E-state index contributed by atoms with van der Waals surface area (Å²) in [6, 6.07) is 21.9. The molecule has 6 rings (SSSR count). The second-order valence-corrected chi connectivity index (χ2v) is 12.2. The van der Waals surface area contributed by atoms with E-state index in [9.17, 15) is 4.79 Å². The quantitative estimate of drug-likeness (QED) is 0.208. The van der Waals surface area contributed by atoms with Crippen LogP contribution in [0.15, 0.2) is 79.3 Å². The second kappa shape index (κ2) is 17.6. The van der Waals surface area contributed by atoms with Crippen molar-refractivity contribution in [2.24, 2.45) is 0 Å². The zero-order chi connectivity index (χ0) is 32.8. The molecule has 13 heteroatoms. The van der Waals surface area contributed by atoms with Gasteiger partial charge in [-0.15, -0.1) is 24.8 Å². The lowest BCUT2D eigenvalue weighted by Crippen LogP contribution is -2.67. The lowest BCUT2D eigenvalue weighted by molar-refractivity contribution is -0.0294. The van der Waals surface area contributed by atoms with Crippen LogP contribution in [0, 0.1) is 0 Å². The molecule has 0 bridgehead atoms. The number of aromatic nitrogens is 4. The van der Waals surface area contributed by atoms with E-state index < -0.39 is 0 Å². The normalized spacial score (nSPS) is 17.9. The van der Waals surface area contributed by atoms with Gasteiger partial charge in [-0.25, -0.2) is 4.98 Å². The monoisotopic (exact) mass is 709 g/mol. The molecule has 2 aliphatic rings. The molecule has 0 spiro atoms. The molecule has 0 unspecified atom stereocenters. The van der Waals surface area contributed by atoms with Crippen LogP contribution in [-0.4, -0.2) is 105 Å². The average molecular weight is 711 g/mol. The lowest BCUT2D eigenvalue weighted by atomic mass is 9.81. The minimum atomic E-state index is -0.105. The van der Waals surface area contributed by atoms with E-state index in [1.807, 2.05) is 25.7 Å². The highest BCUT2D eigenvalue weighted by Crippen LogP contribution is 2.37. The topological polar surface area (TPSA) is 106 Å². The zero-order valence-electron chi connectivity index (χ0n) is 28.3. The first-order chi connectivity index (χ1) is 22.9. The van der Waals surface area contributed by atoms with E-state index in [-0.39, 0.29) is 60.8 Å². The summed E-state index contributed by atoms with van der Waals surface area (Å²) in [5.41, 5.74) is 3.65. The Labute approximate surface area is 300 Å². The van der Waals surface area contributed by atoms with E-state index in [1.165, 1.54) is 11.1 Å². The first-order valence-corrected chi connectivity index (χ1v) is 16.3. The molecule has 2 aromatic heterocycles. The molecule has 49 heavy (non-hydrogen) atoms. The predicted molar refractivity (Wildman–Crippen MR) is 192 cm³/mol. The number of piperazine rings is 2. The maximum atomic E-state index is 13.6. The summed E-state index contributed by atoms with van der Waals surface area (Å²) in [6.45, 7) is 10.2. The molecule has 2 aliphatic heterocycles. The van der Waals surface area contributed by atoms with Gasteiger partial charge < -0.3 is 19.1 Å². The van der Waals surface area contributed by atoms with Crippen molar-refractivity contribution >= 4 is 30.7 Å². The second-order valence-electron chi connectivity index (χ2n) is 12.2. The molecule has 2 aromatic carbocycles. The van der Waals surface area contributed by atoms with E-state index in [4.69, 9.17) is 14.2 Å². The molecule has 2 saturated heterocycles. The highest BCUT2D eigenvalue weighted by Gasteiger charge is 2.43. The predicted octanol–water partition coefficient (Wildman–Crippen LogP) is 5.15. The molecule has 1 amide bonds. The molecule has 11 nitrogen and oxygen atoms in total. The maximum Gasteiger partial charge on any atom is 0.323 e. The van der Waals surface area contributed by atoms with E-state index in [2.05, 4.69) is 90.4 Å². The number of nitrogens with zero attached hydrogens (tertiary/aromatic N) is 7. The minimum Gasteiger partial charge on any atom is -0.481 e. The van der Waals surface area contributed by atoms with Crippen LogP contribution < -0.4 is 14.2 Å². The van der Waals surface area contributed by atoms with Gasteiger partial charge in [-0.3, -0.25) is 19.6 Å². The minimum absolute atomic E-state index is 0.